The van der Waals surface area contributed by atoms with Crippen molar-refractivity contribution in [2.75, 3.05) is 18.0 Å². The fraction of sp³-hybridized carbons (Fsp3) is 0.480. The van der Waals surface area contributed by atoms with Gasteiger partial charge in [-0.2, -0.15) is 0 Å². The zero-order chi connectivity index (χ0) is 21.0. The summed E-state index contributed by atoms with van der Waals surface area (Å²) in [6.07, 6.45) is 2.03. The number of rotatable bonds is 6. The number of carbonyl (C=O) groups excluding carboxylic acids is 1. The normalized spacial score (nSPS) is 18.8. The lowest BCUT2D eigenvalue weighted by Crippen LogP contribution is -2.37. The minimum Gasteiger partial charge on any atom is -0.481 e. The first-order valence-electron chi connectivity index (χ1n) is 10.7. The summed E-state index contributed by atoms with van der Waals surface area (Å²) in [5, 5.41) is 3.07. The number of amides is 1. The zero-order valence-corrected chi connectivity index (χ0v) is 18.4. The molecule has 2 aromatic carbocycles. The minimum atomic E-state index is -0.548. The van der Waals surface area contributed by atoms with Crippen LogP contribution in [0.25, 0.3) is 0 Å². The van der Waals surface area contributed by atoms with E-state index in [1.807, 2.05) is 32.9 Å². The average Bonchev–Trinajstić information content (AvgIpc) is 2.67. The molecule has 3 rings (SSSR count). The molecular weight excluding hydrogens is 360 g/mol. The molecular formula is C25H34N2O2. The van der Waals surface area contributed by atoms with E-state index in [0.29, 0.717) is 0 Å². The van der Waals surface area contributed by atoms with E-state index in [1.165, 1.54) is 18.5 Å². The van der Waals surface area contributed by atoms with E-state index < -0.39 is 6.10 Å². The zero-order valence-electron chi connectivity index (χ0n) is 18.4. The molecule has 1 saturated heterocycles. The van der Waals surface area contributed by atoms with Crippen molar-refractivity contribution in [1.29, 1.82) is 0 Å². The van der Waals surface area contributed by atoms with Gasteiger partial charge in [-0.25, -0.2) is 0 Å². The molecule has 0 saturated carbocycles. The molecule has 0 bridgehead atoms. The Bertz CT molecular complexity index is 811. The summed E-state index contributed by atoms with van der Waals surface area (Å²) in [7, 11) is 0. The SMILES string of the molecule is Cc1cc(C)cc(O[C@@H](C)C(=O)N[C@H](C)c2ccc(N3CCC[C@@H](C)C3)cc2)c1. The van der Waals surface area contributed by atoms with Crippen LogP contribution in [0.5, 0.6) is 5.75 Å². The molecule has 2 aromatic rings. The Morgan fingerprint density at radius 2 is 1.76 bits per heavy atom. The van der Waals surface area contributed by atoms with Gasteiger partial charge in [-0.05, 0) is 87.4 Å². The molecule has 1 amide bonds. The third-order valence-electron chi connectivity index (χ3n) is 5.65. The predicted molar refractivity (Wildman–Crippen MR) is 120 cm³/mol. The Hall–Kier alpha value is -2.49. The average molecular weight is 395 g/mol. The van der Waals surface area contributed by atoms with Gasteiger partial charge in [-0.1, -0.05) is 25.1 Å². The Balaban J connectivity index is 1.57. The number of piperidine rings is 1. The third kappa shape index (κ3) is 5.75. The summed E-state index contributed by atoms with van der Waals surface area (Å²) in [4.78, 5) is 15.1. The number of carbonyl (C=O) groups is 1. The van der Waals surface area contributed by atoms with Crippen molar-refractivity contribution in [3.05, 3.63) is 59.2 Å². The Labute approximate surface area is 175 Å². The number of hydrogen-bond acceptors (Lipinski definition) is 3. The lowest BCUT2D eigenvalue weighted by molar-refractivity contribution is -0.127. The molecule has 1 heterocycles. The van der Waals surface area contributed by atoms with E-state index in [1.54, 1.807) is 6.92 Å². The molecule has 0 spiro atoms. The van der Waals surface area contributed by atoms with Crippen molar-refractivity contribution >= 4 is 11.6 Å². The standard InChI is InChI=1S/C25H34N2O2/c1-17-7-6-12-27(16-17)23-10-8-22(9-11-23)20(4)26-25(28)21(5)29-24-14-18(2)13-19(3)15-24/h8-11,13-15,17,20-21H,6-7,12,16H2,1-5H3,(H,26,28)/t17-,20-,21+/m1/s1. The van der Waals surface area contributed by atoms with Gasteiger partial charge in [0.15, 0.2) is 6.10 Å². The van der Waals surface area contributed by atoms with Crippen molar-refractivity contribution in [2.24, 2.45) is 5.92 Å². The summed E-state index contributed by atoms with van der Waals surface area (Å²) in [5.74, 6) is 1.38. The summed E-state index contributed by atoms with van der Waals surface area (Å²) < 4.78 is 5.86. The molecule has 4 heteroatoms. The summed E-state index contributed by atoms with van der Waals surface area (Å²) in [6.45, 7) is 12.4. The number of ether oxygens (including phenoxy) is 1. The van der Waals surface area contributed by atoms with Crippen LogP contribution in [0, 0.1) is 19.8 Å². The van der Waals surface area contributed by atoms with Crippen LogP contribution >= 0.6 is 0 Å². The molecule has 4 nitrogen and oxygen atoms in total. The molecule has 1 aliphatic rings. The second-order valence-electron chi connectivity index (χ2n) is 8.60. The van der Waals surface area contributed by atoms with E-state index in [0.717, 1.165) is 41.4 Å². The molecule has 1 fully saturated rings. The number of nitrogens with zero attached hydrogens (tertiary/aromatic N) is 1. The number of benzene rings is 2. The van der Waals surface area contributed by atoms with Crippen LogP contribution in [0.2, 0.25) is 0 Å². The van der Waals surface area contributed by atoms with Gasteiger partial charge in [0.2, 0.25) is 0 Å². The van der Waals surface area contributed by atoms with Gasteiger partial charge in [0.05, 0.1) is 6.04 Å². The highest BCUT2D eigenvalue weighted by molar-refractivity contribution is 5.81. The van der Waals surface area contributed by atoms with Gasteiger partial charge in [-0.15, -0.1) is 0 Å². The van der Waals surface area contributed by atoms with Gasteiger partial charge >= 0.3 is 0 Å². The lowest BCUT2D eigenvalue weighted by Gasteiger charge is -2.33. The Kier molecular flexibility index (Phi) is 6.83. The lowest BCUT2D eigenvalue weighted by atomic mass is 9.99. The largest absolute Gasteiger partial charge is 0.481 e. The quantitative estimate of drug-likeness (QED) is 0.733. The highest BCUT2D eigenvalue weighted by atomic mass is 16.5. The summed E-state index contributed by atoms with van der Waals surface area (Å²) >= 11 is 0. The van der Waals surface area contributed by atoms with Crippen molar-refractivity contribution in [3.8, 4) is 5.75 Å². The fourth-order valence-corrected chi connectivity index (χ4v) is 4.07. The van der Waals surface area contributed by atoms with Gasteiger partial charge in [0, 0.05) is 18.8 Å². The summed E-state index contributed by atoms with van der Waals surface area (Å²) in [6, 6.07) is 14.5. The number of nitrogens with one attached hydrogen (secondary N) is 1. The molecule has 0 aromatic heterocycles. The van der Waals surface area contributed by atoms with E-state index in [4.69, 9.17) is 4.74 Å². The maximum Gasteiger partial charge on any atom is 0.261 e. The number of anilines is 1. The molecule has 3 atom stereocenters. The van der Waals surface area contributed by atoms with Crippen molar-refractivity contribution in [1.82, 2.24) is 5.32 Å². The van der Waals surface area contributed by atoms with Crippen LogP contribution < -0.4 is 15.0 Å². The topological polar surface area (TPSA) is 41.6 Å². The molecule has 156 valence electrons. The van der Waals surface area contributed by atoms with Crippen LogP contribution in [0.4, 0.5) is 5.69 Å². The first kappa shape index (κ1) is 21.2. The molecule has 0 radical (unpaired) electrons. The van der Waals surface area contributed by atoms with E-state index >= 15 is 0 Å². The Morgan fingerprint density at radius 1 is 1.10 bits per heavy atom. The van der Waals surface area contributed by atoms with Crippen LogP contribution in [0.1, 0.15) is 56.3 Å². The molecule has 1 aliphatic heterocycles. The van der Waals surface area contributed by atoms with Crippen LogP contribution in [0.3, 0.4) is 0 Å². The van der Waals surface area contributed by atoms with Gasteiger partial charge in [0.25, 0.3) is 5.91 Å². The highest BCUT2D eigenvalue weighted by Crippen LogP contribution is 2.25. The van der Waals surface area contributed by atoms with Gasteiger partial charge in [-0.3, -0.25) is 4.79 Å². The van der Waals surface area contributed by atoms with E-state index in [2.05, 4.69) is 47.5 Å². The second-order valence-corrected chi connectivity index (χ2v) is 8.60. The van der Waals surface area contributed by atoms with Crippen molar-refractivity contribution in [3.63, 3.8) is 0 Å². The molecule has 29 heavy (non-hydrogen) atoms. The smallest absolute Gasteiger partial charge is 0.261 e. The predicted octanol–water partition coefficient (Wildman–Crippen LogP) is 5.18. The first-order chi connectivity index (χ1) is 13.8. The number of aryl methyl sites for hydroxylation is 2. The van der Waals surface area contributed by atoms with Crippen molar-refractivity contribution < 1.29 is 9.53 Å². The van der Waals surface area contributed by atoms with Crippen LogP contribution in [0.15, 0.2) is 42.5 Å². The van der Waals surface area contributed by atoms with Crippen LogP contribution in [-0.2, 0) is 4.79 Å². The maximum absolute atomic E-state index is 12.6. The maximum atomic E-state index is 12.6. The van der Waals surface area contributed by atoms with E-state index in [9.17, 15) is 4.79 Å². The van der Waals surface area contributed by atoms with Crippen molar-refractivity contribution in [2.45, 2.75) is 59.6 Å². The number of hydrogen-bond donors (Lipinski definition) is 1. The minimum absolute atomic E-state index is 0.0675. The molecule has 0 unspecified atom stereocenters. The second kappa shape index (κ2) is 9.34. The van der Waals surface area contributed by atoms with Gasteiger partial charge in [0.1, 0.15) is 5.75 Å². The fourth-order valence-electron chi connectivity index (χ4n) is 4.07. The van der Waals surface area contributed by atoms with Crippen LogP contribution in [-0.4, -0.2) is 25.1 Å². The molecule has 1 N–H and O–H groups in total. The van der Waals surface area contributed by atoms with E-state index in [-0.39, 0.29) is 11.9 Å². The monoisotopic (exact) mass is 394 g/mol. The highest BCUT2D eigenvalue weighted by Gasteiger charge is 2.19. The first-order valence-corrected chi connectivity index (χ1v) is 10.7. The Morgan fingerprint density at radius 3 is 2.38 bits per heavy atom. The van der Waals surface area contributed by atoms with Gasteiger partial charge < -0.3 is 15.0 Å². The summed E-state index contributed by atoms with van der Waals surface area (Å²) in [5.41, 5.74) is 4.63. The third-order valence-corrected chi connectivity index (χ3v) is 5.65. The molecule has 0 aliphatic carbocycles.